The zero-order valence-corrected chi connectivity index (χ0v) is 22.9. The first-order valence-corrected chi connectivity index (χ1v) is 13.9. The van der Waals surface area contributed by atoms with E-state index in [1.807, 2.05) is 30.5 Å². The maximum absolute atomic E-state index is 13.2. The fraction of sp³-hybridized carbons (Fsp3) is 0.480. The first kappa shape index (κ1) is 31.4. The van der Waals surface area contributed by atoms with Crippen LogP contribution in [0.4, 0.5) is 0 Å². The lowest BCUT2D eigenvalue weighted by Gasteiger charge is -2.25. The van der Waals surface area contributed by atoms with E-state index >= 15 is 0 Å². The van der Waals surface area contributed by atoms with Crippen LogP contribution in [0.5, 0.6) is 0 Å². The number of aromatic amines is 1. The molecule has 0 bridgehead atoms. The number of benzene rings is 1. The lowest BCUT2D eigenvalue weighted by atomic mass is 10.0. The van der Waals surface area contributed by atoms with Crippen LogP contribution in [0.1, 0.15) is 31.7 Å². The van der Waals surface area contributed by atoms with Crippen LogP contribution in [0.2, 0.25) is 0 Å². The van der Waals surface area contributed by atoms with Crippen molar-refractivity contribution < 1.29 is 24.3 Å². The summed E-state index contributed by atoms with van der Waals surface area (Å²) in [7, 11) is 0. The number of aliphatic imine (C=N–C) groups is 1. The van der Waals surface area contributed by atoms with Gasteiger partial charge in [-0.1, -0.05) is 18.2 Å². The number of carbonyl (C=O) groups is 4. The number of rotatable bonds is 16. The van der Waals surface area contributed by atoms with Gasteiger partial charge in [0.15, 0.2) is 5.96 Å². The van der Waals surface area contributed by atoms with Gasteiger partial charge in [-0.25, -0.2) is 4.79 Å². The number of thioether (sulfide) groups is 1. The molecule has 0 spiro atoms. The predicted octanol–water partition coefficient (Wildman–Crippen LogP) is -0.597. The quantitative estimate of drug-likeness (QED) is 0.0740. The number of carboxylic acids is 1. The molecule has 4 atom stereocenters. The van der Waals surface area contributed by atoms with Crippen molar-refractivity contribution in [1.29, 1.82) is 0 Å². The molecule has 11 N–H and O–H groups in total. The molecule has 1 aromatic carbocycles. The highest BCUT2D eigenvalue weighted by molar-refractivity contribution is 7.98. The molecule has 0 saturated heterocycles. The van der Waals surface area contributed by atoms with Crippen molar-refractivity contribution in [3.63, 3.8) is 0 Å². The molecule has 14 heteroatoms. The largest absolute Gasteiger partial charge is 0.480 e. The van der Waals surface area contributed by atoms with Gasteiger partial charge in [-0.05, 0) is 49.8 Å². The standard InChI is InChI=1S/C25H38N8O5S/c1-14(26)21(34)31-18(8-5-10-29-25(27)28)22(35)32-19(9-11-39-2)23(36)33-20(24(37)38)12-15-13-30-17-7-4-3-6-16(15)17/h3-4,6-7,13-14,18-20,30H,5,8-12,26H2,1-2H3,(H,31,34)(H,32,35)(H,33,36)(H,37,38)(H4,27,28,29). The highest BCUT2D eigenvalue weighted by atomic mass is 32.2. The number of guanidine groups is 1. The van der Waals surface area contributed by atoms with Crippen LogP contribution in [0.3, 0.4) is 0 Å². The Bertz CT molecular complexity index is 1160. The van der Waals surface area contributed by atoms with Gasteiger partial charge in [0.1, 0.15) is 18.1 Å². The minimum atomic E-state index is -1.22. The average Bonchev–Trinajstić information content (AvgIpc) is 3.29. The molecule has 13 nitrogen and oxygen atoms in total. The summed E-state index contributed by atoms with van der Waals surface area (Å²) in [4.78, 5) is 57.6. The summed E-state index contributed by atoms with van der Waals surface area (Å²) < 4.78 is 0. The molecular formula is C25H38N8O5S. The van der Waals surface area contributed by atoms with E-state index in [2.05, 4.69) is 25.9 Å². The van der Waals surface area contributed by atoms with E-state index in [4.69, 9.17) is 17.2 Å². The normalized spacial score (nSPS) is 14.0. The smallest absolute Gasteiger partial charge is 0.326 e. The maximum atomic E-state index is 13.2. The third kappa shape index (κ3) is 10.1. The molecule has 214 valence electrons. The van der Waals surface area contributed by atoms with E-state index in [-0.39, 0.29) is 31.8 Å². The Labute approximate surface area is 231 Å². The van der Waals surface area contributed by atoms with Crippen LogP contribution in [-0.4, -0.2) is 82.5 Å². The van der Waals surface area contributed by atoms with Crippen LogP contribution in [0.25, 0.3) is 10.9 Å². The van der Waals surface area contributed by atoms with Crippen molar-refractivity contribution in [3.8, 4) is 0 Å². The number of carboxylic acid groups (broad SMARTS) is 1. The highest BCUT2D eigenvalue weighted by Gasteiger charge is 2.30. The van der Waals surface area contributed by atoms with Crippen molar-refractivity contribution >= 4 is 52.3 Å². The average molecular weight is 563 g/mol. The number of amides is 3. The second-order valence-electron chi connectivity index (χ2n) is 9.10. The monoisotopic (exact) mass is 562 g/mol. The number of fused-ring (bicyclic) bond motifs is 1. The number of aliphatic carboxylic acids is 1. The zero-order valence-electron chi connectivity index (χ0n) is 22.1. The van der Waals surface area contributed by atoms with E-state index in [1.165, 1.54) is 18.7 Å². The van der Waals surface area contributed by atoms with Gasteiger partial charge in [-0.15, -0.1) is 0 Å². The molecule has 0 fully saturated rings. The molecule has 3 amide bonds. The van der Waals surface area contributed by atoms with Crippen LogP contribution < -0.4 is 33.2 Å². The Balaban J connectivity index is 2.15. The number of nitrogens with zero attached hydrogens (tertiary/aromatic N) is 1. The molecular weight excluding hydrogens is 524 g/mol. The first-order valence-electron chi connectivity index (χ1n) is 12.5. The van der Waals surface area contributed by atoms with Crippen LogP contribution in [0.15, 0.2) is 35.5 Å². The van der Waals surface area contributed by atoms with Crippen molar-refractivity contribution in [2.45, 2.75) is 56.8 Å². The molecule has 2 rings (SSSR count). The maximum Gasteiger partial charge on any atom is 0.326 e. The molecule has 2 aromatic rings. The third-order valence-electron chi connectivity index (χ3n) is 5.95. The molecule has 0 aliphatic rings. The molecule has 0 aliphatic carbocycles. The van der Waals surface area contributed by atoms with E-state index < -0.39 is 47.9 Å². The molecule has 1 heterocycles. The molecule has 1 aromatic heterocycles. The number of para-hydroxylation sites is 1. The number of aromatic nitrogens is 1. The molecule has 0 saturated carbocycles. The minimum absolute atomic E-state index is 0.0478. The molecule has 4 unspecified atom stereocenters. The van der Waals surface area contributed by atoms with Gasteiger partial charge < -0.3 is 43.2 Å². The SMILES string of the molecule is CSCCC(NC(=O)C(CCCN=C(N)N)NC(=O)C(C)N)C(=O)NC(Cc1c[nH]c2ccccc12)C(=O)O. The van der Waals surface area contributed by atoms with Gasteiger partial charge in [-0.3, -0.25) is 19.4 Å². The second kappa shape index (κ2) is 15.6. The summed E-state index contributed by atoms with van der Waals surface area (Å²) in [5, 5.41) is 18.5. The van der Waals surface area contributed by atoms with E-state index in [1.54, 1.807) is 6.20 Å². The third-order valence-corrected chi connectivity index (χ3v) is 6.59. The summed E-state index contributed by atoms with van der Waals surface area (Å²) in [5.41, 5.74) is 17.9. The van der Waals surface area contributed by atoms with Gasteiger partial charge in [-0.2, -0.15) is 11.8 Å². The van der Waals surface area contributed by atoms with E-state index in [9.17, 15) is 24.3 Å². The van der Waals surface area contributed by atoms with E-state index in [0.29, 0.717) is 12.2 Å². The van der Waals surface area contributed by atoms with Gasteiger partial charge in [0.05, 0.1) is 6.04 Å². The predicted molar refractivity (Wildman–Crippen MR) is 152 cm³/mol. The van der Waals surface area contributed by atoms with Crippen molar-refractivity contribution in [1.82, 2.24) is 20.9 Å². The second-order valence-corrected chi connectivity index (χ2v) is 10.1. The number of hydrogen-bond acceptors (Lipinski definition) is 7. The molecule has 0 aliphatic heterocycles. The Morgan fingerprint density at radius 3 is 2.23 bits per heavy atom. The summed E-state index contributed by atoms with van der Waals surface area (Å²) in [5.74, 6) is -2.54. The lowest BCUT2D eigenvalue weighted by Crippen LogP contribution is -2.57. The lowest BCUT2D eigenvalue weighted by molar-refractivity contribution is -0.142. The van der Waals surface area contributed by atoms with Gasteiger partial charge >= 0.3 is 5.97 Å². The highest BCUT2D eigenvalue weighted by Crippen LogP contribution is 2.19. The Kier molecular flexibility index (Phi) is 12.6. The Hall–Kier alpha value is -3.78. The van der Waals surface area contributed by atoms with Gasteiger partial charge in [0.25, 0.3) is 0 Å². The molecule has 39 heavy (non-hydrogen) atoms. The summed E-state index contributed by atoms with van der Waals surface area (Å²) in [6.45, 7) is 1.73. The fourth-order valence-corrected chi connectivity index (χ4v) is 4.32. The number of nitrogens with two attached hydrogens (primary N) is 3. The van der Waals surface area contributed by atoms with Crippen molar-refractivity contribution in [2.75, 3.05) is 18.6 Å². The van der Waals surface area contributed by atoms with Crippen LogP contribution >= 0.6 is 11.8 Å². The first-order chi connectivity index (χ1) is 18.5. The molecule has 0 radical (unpaired) electrons. The minimum Gasteiger partial charge on any atom is -0.480 e. The summed E-state index contributed by atoms with van der Waals surface area (Å²) in [6, 6.07) is 3.36. The fourth-order valence-electron chi connectivity index (χ4n) is 3.85. The number of H-pyrrole nitrogens is 1. The number of hydrogen-bond donors (Lipinski definition) is 8. The Morgan fingerprint density at radius 2 is 1.62 bits per heavy atom. The van der Waals surface area contributed by atoms with Crippen molar-refractivity contribution in [3.05, 3.63) is 36.0 Å². The summed E-state index contributed by atoms with van der Waals surface area (Å²) in [6.07, 6.45) is 4.43. The number of carbonyl (C=O) groups excluding carboxylic acids is 3. The van der Waals surface area contributed by atoms with Crippen LogP contribution in [-0.2, 0) is 25.6 Å². The van der Waals surface area contributed by atoms with Gasteiger partial charge in [0, 0.05) is 30.1 Å². The van der Waals surface area contributed by atoms with Gasteiger partial charge in [0.2, 0.25) is 17.7 Å². The zero-order chi connectivity index (χ0) is 28.9. The summed E-state index contributed by atoms with van der Waals surface area (Å²) >= 11 is 1.47. The topological polar surface area (TPSA) is 231 Å². The van der Waals surface area contributed by atoms with Crippen molar-refractivity contribution in [2.24, 2.45) is 22.2 Å². The number of nitrogens with one attached hydrogen (secondary N) is 4. The Morgan fingerprint density at radius 1 is 1.00 bits per heavy atom. The van der Waals surface area contributed by atoms with Crippen LogP contribution in [0, 0.1) is 0 Å². The van der Waals surface area contributed by atoms with E-state index in [0.717, 1.165) is 16.5 Å².